The van der Waals surface area contributed by atoms with Crippen LogP contribution >= 0.6 is 23.2 Å². The number of nitrogens with one attached hydrogen (secondary N) is 2. The summed E-state index contributed by atoms with van der Waals surface area (Å²) in [6.07, 6.45) is 1.14. The van der Waals surface area contributed by atoms with E-state index in [2.05, 4.69) is 10.6 Å². The van der Waals surface area contributed by atoms with Crippen LogP contribution < -0.4 is 10.6 Å². The number of para-hydroxylation sites is 1. The van der Waals surface area contributed by atoms with Crippen molar-refractivity contribution in [3.8, 4) is 0 Å². The highest BCUT2D eigenvalue weighted by Gasteiger charge is 2.09. The highest BCUT2D eigenvalue weighted by atomic mass is 35.5. The minimum Gasteiger partial charge on any atom is -0.322 e. The number of benzene rings is 1. The van der Waals surface area contributed by atoms with Gasteiger partial charge in [0.2, 0.25) is 5.91 Å². The van der Waals surface area contributed by atoms with Crippen molar-refractivity contribution in [2.24, 2.45) is 0 Å². The molecule has 0 radical (unpaired) electrons. The number of hydrogen-bond donors (Lipinski definition) is 2. The Bertz CT molecular complexity index is 541. The van der Waals surface area contributed by atoms with Crippen LogP contribution in [0, 0.1) is 0 Å². The monoisotopic (exact) mass is 324 g/mol. The van der Waals surface area contributed by atoms with Crippen molar-refractivity contribution in [1.29, 1.82) is 0 Å². The van der Waals surface area contributed by atoms with Crippen molar-refractivity contribution in [3.05, 3.63) is 28.2 Å². The molecule has 0 fully saturated rings. The van der Waals surface area contributed by atoms with E-state index in [1.165, 1.54) is 0 Å². The minimum absolute atomic E-state index is 0.0168. The molecule has 0 bridgehead atoms. The fourth-order valence-electron chi connectivity index (χ4n) is 1.26. The van der Waals surface area contributed by atoms with Gasteiger partial charge in [0.25, 0.3) is 0 Å². The molecule has 0 aromatic heterocycles. The van der Waals surface area contributed by atoms with E-state index in [4.69, 9.17) is 23.2 Å². The Balaban J connectivity index is 2.44. The molecule has 19 heavy (non-hydrogen) atoms. The zero-order valence-electron chi connectivity index (χ0n) is 10.2. The Morgan fingerprint density at radius 1 is 1.26 bits per heavy atom. The second-order valence-corrected chi connectivity index (χ2v) is 7.03. The average molecular weight is 325 g/mol. The molecular formula is C11H14Cl2N2O3S. The smallest absolute Gasteiger partial charge is 0.238 e. The first-order valence-electron chi connectivity index (χ1n) is 5.42. The largest absolute Gasteiger partial charge is 0.322 e. The highest BCUT2D eigenvalue weighted by Crippen LogP contribution is 2.29. The second-order valence-electron chi connectivity index (χ2n) is 3.95. The summed E-state index contributed by atoms with van der Waals surface area (Å²) in [6.45, 7) is 0.194. The maximum atomic E-state index is 11.6. The third-order valence-corrected chi connectivity index (χ3v) is 3.74. The Morgan fingerprint density at radius 3 is 2.37 bits per heavy atom. The normalized spacial score (nSPS) is 11.3. The summed E-state index contributed by atoms with van der Waals surface area (Å²) >= 11 is 11.8. The van der Waals surface area contributed by atoms with Crippen LogP contribution in [0.15, 0.2) is 18.2 Å². The van der Waals surface area contributed by atoms with Crippen molar-refractivity contribution in [3.63, 3.8) is 0 Å². The number of anilines is 1. The third-order valence-electron chi connectivity index (χ3n) is 2.16. The molecule has 0 spiro atoms. The first-order chi connectivity index (χ1) is 8.79. The molecule has 0 saturated carbocycles. The molecule has 106 valence electrons. The fraction of sp³-hybridized carbons (Fsp3) is 0.364. The minimum atomic E-state index is -3.03. The molecular weight excluding hydrogens is 311 g/mol. The zero-order valence-corrected chi connectivity index (χ0v) is 12.6. The molecule has 0 heterocycles. The molecule has 1 aromatic rings. The topological polar surface area (TPSA) is 75.3 Å². The lowest BCUT2D eigenvalue weighted by molar-refractivity contribution is -0.115. The Kier molecular flexibility index (Phi) is 6.06. The molecule has 0 aliphatic carbocycles. The van der Waals surface area contributed by atoms with Crippen molar-refractivity contribution in [1.82, 2.24) is 5.32 Å². The van der Waals surface area contributed by atoms with Gasteiger partial charge in [0.1, 0.15) is 9.84 Å². The van der Waals surface area contributed by atoms with Crippen LogP contribution in [0.2, 0.25) is 10.0 Å². The van der Waals surface area contributed by atoms with Crippen LogP contribution in [0.5, 0.6) is 0 Å². The maximum Gasteiger partial charge on any atom is 0.238 e. The van der Waals surface area contributed by atoms with Gasteiger partial charge in [-0.15, -0.1) is 0 Å². The van der Waals surface area contributed by atoms with Crippen molar-refractivity contribution < 1.29 is 13.2 Å². The van der Waals surface area contributed by atoms with E-state index in [1.807, 2.05) is 0 Å². The summed E-state index contributed by atoms with van der Waals surface area (Å²) in [4.78, 5) is 11.6. The fourth-order valence-corrected chi connectivity index (χ4v) is 2.27. The van der Waals surface area contributed by atoms with Gasteiger partial charge in [-0.1, -0.05) is 29.3 Å². The quantitative estimate of drug-likeness (QED) is 0.779. The SMILES string of the molecule is CS(=O)(=O)CCNCC(=O)Nc1c(Cl)cccc1Cl. The summed E-state index contributed by atoms with van der Waals surface area (Å²) < 4.78 is 21.8. The number of rotatable bonds is 6. The lowest BCUT2D eigenvalue weighted by Gasteiger charge is -2.09. The predicted molar refractivity (Wildman–Crippen MR) is 77.7 cm³/mol. The van der Waals surface area contributed by atoms with Gasteiger partial charge in [-0.2, -0.15) is 0 Å². The number of carbonyl (C=O) groups is 1. The molecule has 5 nitrogen and oxygen atoms in total. The van der Waals surface area contributed by atoms with E-state index in [9.17, 15) is 13.2 Å². The van der Waals surface area contributed by atoms with E-state index in [0.717, 1.165) is 6.26 Å². The number of carbonyl (C=O) groups excluding carboxylic acids is 1. The van der Waals surface area contributed by atoms with Gasteiger partial charge in [-0.25, -0.2) is 8.42 Å². The van der Waals surface area contributed by atoms with Crippen molar-refractivity contribution in [2.45, 2.75) is 0 Å². The highest BCUT2D eigenvalue weighted by molar-refractivity contribution is 7.90. The lowest BCUT2D eigenvalue weighted by atomic mass is 10.3. The number of halogens is 2. The molecule has 0 unspecified atom stereocenters. The molecule has 1 rings (SSSR count). The van der Waals surface area contributed by atoms with Gasteiger partial charge in [0.05, 0.1) is 28.0 Å². The van der Waals surface area contributed by atoms with Gasteiger partial charge < -0.3 is 10.6 Å². The molecule has 1 aromatic carbocycles. The Labute approximate surface area is 122 Å². The molecule has 1 amide bonds. The first kappa shape index (κ1) is 16.2. The summed E-state index contributed by atoms with van der Waals surface area (Å²) in [5.41, 5.74) is 0.348. The van der Waals surface area contributed by atoms with E-state index < -0.39 is 9.84 Å². The van der Waals surface area contributed by atoms with Crippen LogP contribution in [-0.4, -0.2) is 39.4 Å². The molecule has 0 aliphatic heterocycles. The number of amides is 1. The molecule has 2 N–H and O–H groups in total. The molecule has 8 heteroatoms. The number of sulfone groups is 1. The number of hydrogen-bond acceptors (Lipinski definition) is 4. The summed E-state index contributed by atoms with van der Waals surface area (Å²) in [5.74, 6) is -0.365. The molecule has 0 aliphatic rings. The predicted octanol–water partition coefficient (Wildman–Crippen LogP) is 1.57. The van der Waals surface area contributed by atoms with Crippen molar-refractivity contribution in [2.75, 3.05) is 30.4 Å². The van der Waals surface area contributed by atoms with E-state index in [-0.39, 0.29) is 24.7 Å². The van der Waals surface area contributed by atoms with Crippen LogP contribution in [0.4, 0.5) is 5.69 Å². The zero-order chi connectivity index (χ0) is 14.5. The first-order valence-corrected chi connectivity index (χ1v) is 8.23. The maximum absolute atomic E-state index is 11.6. The van der Waals surface area contributed by atoms with Crippen LogP contribution in [-0.2, 0) is 14.6 Å². The van der Waals surface area contributed by atoms with Gasteiger partial charge in [0, 0.05) is 12.8 Å². The van der Waals surface area contributed by atoms with E-state index in [1.54, 1.807) is 18.2 Å². The van der Waals surface area contributed by atoms with E-state index >= 15 is 0 Å². The van der Waals surface area contributed by atoms with Crippen LogP contribution in [0.25, 0.3) is 0 Å². The van der Waals surface area contributed by atoms with Crippen molar-refractivity contribution >= 4 is 44.6 Å². The average Bonchev–Trinajstić information content (AvgIpc) is 2.28. The van der Waals surface area contributed by atoms with Crippen LogP contribution in [0.1, 0.15) is 0 Å². The van der Waals surface area contributed by atoms with Gasteiger partial charge in [0.15, 0.2) is 0 Å². The Morgan fingerprint density at radius 2 is 1.84 bits per heavy atom. The van der Waals surface area contributed by atoms with E-state index in [0.29, 0.717) is 15.7 Å². The summed E-state index contributed by atoms with van der Waals surface area (Å²) in [7, 11) is -3.03. The summed E-state index contributed by atoms with van der Waals surface area (Å²) in [6, 6.07) is 4.89. The van der Waals surface area contributed by atoms with Crippen LogP contribution in [0.3, 0.4) is 0 Å². The standard InChI is InChI=1S/C11H14Cl2N2O3S/c1-19(17,18)6-5-14-7-10(16)15-11-8(12)3-2-4-9(11)13/h2-4,14H,5-7H2,1H3,(H,15,16). The van der Waals surface area contributed by atoms with Gasteiger partial charge in [-0.3, -0.25) is 4.79 Å². The third kappa shape index (κ3) is 6.24. The molecule has 0 saturated heterocycles. The lowest BCUT2D eigenvalue weighted by Crippen LogP contribution is -2.31. The molecule has 0 atom stereocenters. The summed E-state index contributed by atoms with van der Waals surface area (Å²) in [5, 5.41) is 5.97. The second kappa shape index (κ2) is 7.09. The Hall–Kier alpha value is -0.820. The van der Waals surface area contributed by atoms with Gasteiger partial charge >= 0.3 is 0 Å². The van der Waals surface area contributed by atoms with Gasteiger partial charge in [-0.05, 0) is 12.1 Å².